The molecule has 0 aliphatic heterocycles. The van der Waals surface area contributed by atoms with Gasteiger partial charge in [-0.15, -0.1) is 5.10 Å². The topological polar surface area (TPSA) is 48.5 Å². The van der Waals surface area contributed by atoms with E-state index in [0.717, 1.165) is 23.5 Å². The lowest BCUT2D eigenvalue weighted by molar-refractivity contribution is 0.599. The van der Waals surface area contributed by atoms with E-state index < -0.39 is 0 Å². The maximum atomic E-state index is 6.21. The van der Waals surface area contributed by atoms with Gasteiger partial charge in [-0.2, -0.15) is 5.10 Å². The van der Waals surface area contributed by atoms with Crippen LogP contribution in [0.3, 0.4) is 0 Å². The van der Waals surface area contributed by atoms with E-state index in [0.29, 0.717) is 11.6 Å². The molecular formula is C11H15BrClN5. The Hall–Kier alpha value is -0.880. The van der Waals surface area contributed by atoms with Crippen LogP contribution in [0.25, 0.3) is 0 Å². The van der Waals surface area contributed by atoms with E-state index in [-0.39, 0.29) is 4.83 Å². The SMILES string of the molecule is CCC(Br)c1cn(Cc2c(Cl)c(C)nn2C)nn1. The lowest BCUT2D eigenvalue weighted by Gasteiger charge is -2.02. The zero-order valence-electron chi connectivity index (χ0n) is 10.6. The summed E-state index contributed by atoms with van der Waals surface area (Å²) < 4.78 is 3.56. The molecule has 0 fully saturated rings. The predicted molar refractivity (Wildman–Crippen MR) is 74.0 cm³/mol. The van der Waals surface area contributed by atoms with Gasteiger partial charge in [-0.1, -0.05) is 39.7 Å². The van der Waals surface area contributed by atoms with Crippen LogP contribution in [0.15, 0.2) is 6.20 Å². The van der Waals surface area contributed by atoms with E-state index in [1.54, 1.807) is 9.36 Å². The molecule has 0 saturated carbocycles. The Kier molecular flexibility index (Phi) is 4.07. The molecule has 1 unspecified atom stereocenters. The van der Waals surface area contributed by atoms with Crippen molar-refractivity contribution in [2.24, 2.45) is 7.05 Å². The molecule has 0 bridgehead atoms. The molecule has 7 heteroatoms. The molecule has 18 heavy (non-hydrogen) atoms. The van der Waals surface area contributed by atoms with Crippen LogP contribution in [0.4, 0.5) is 0 Å². The zero-order valence-corrected chi connectivity index (χ0v) is 12.9. The largest absolute Gasteiger partial charge is 0.269 e. The van der Waals surface area contributed by atoms with Gasteiger partial charge in [-0.25, -0.2) is 4.68 Å². The molecule has 2 aromatic rings. The van der Waals surface area contributed by atoms with Crippen LogP contribution in [0, 0.1) is 6.92 Å². The van der Waals surface area contributed by atoms with Crippen molar-refractivity contribution in [3.63, 3.8) is 0 Å². The number of aromatic nitrogens is 5. The highest BCUT2D eigenvalue weighted by Crippen LogP contribution is 2.24. The van der Waals surface area contributed by atoms with Crippen molar-refractivity contribution in [2.75, 3.05) is 0 Å². The van der Waals surface area contributed by atoms with E-state index in [9.17, 15) is 0 Å². The molecule has 0 amide bonds. The highest BCUT2D eigenvalue weighted by Gasteiger charge is 2.14. The molecule has 0 N–H and O–H groups in total. The van der Waals surface area contributed by atoms with E-state index in [2.05, 4.69) is 38.3 Å². The van der Waals surface area contributed by atoms with E-state index in [4.69, 9.17) is 11.6 Å². The Labute approximate surface area is 119 Å². The Bertz CT molecular complexity index is 548. The zero-order chi connectivity index (χ0) is 13.3. The van der Waals surface area contributed by atoms with Crippen LogP contribution in [-0.4, -0.2) is 24.8 Å². The molecule has 0 radical (unpaired) electrons. The molecule has 0 aromatic carbocycles. The number of aryl methyl sites for hydroxylation is 2. The second kappa shape index (κ2) is 5.40. The first-order chi connectivity index (χ1) is 8.52. The van der Waals surface area contributed by atoms with Gasteiger partial charge in [-0.05, 0) is 13.3 Å². The maximum absolute atomic E-state index is 6.21. The fourth-order valence-electron chi connectivity index (χ4n) is 1.75. The lowest BCUT2D eigenvalue weighted by atomic mass is 10.3. The molecule has 2 aromatic heterocycles. The molecule has 0 aliphatic rings. The number of halogens is 2. The van der Waals surface area contributed by atoms with Crippen LogP contribution < -0.4 is 0 Å². The smallest absolute Gasteiger partial charge is 0.0963 e. The van der Waals surface area contributed by atoms with Gasteiger partial charge in [-0.3, -0.25) is 4.68 Å². The molecular weight excluding hydrogens is 318 g/mol. The number of nitrogens with zero attached hydrogens (tertiary/aromatic N) is 5. The molecule has 0 spiro atoms. The standard InChI is InChI=1S/C11H15BrClN5/c1-4-8(12)9-5-18(16-14-9)6-10-11(13)7(2)15-17(10)3/h5,8H,4,6H2,1-3H3. The van der Waals surface area contributed by atoms with Crippen molar-refractivity contribution in [1.29, 1.82) is 0 Å². The Morgan fingerprint density at radius 3 is 2.78 bits per heavy atom. The Morgan fingerprint density at radius 1 is 1.50 bits per heavy atom. The number of alkyl halides is 1. The van der Waals surface area contributed by atoms with Crippen molar-refractivity contribution < 1.29 is 0 Å². The van der Waals surface area contributed by atoms with Gasteiger partial charge in [0.2, 0.25) is 0 Å². The minimum Gasteiger partial charge on any atom is -0.269 e. The van der Waals surface area contributed by atoms with E-state index in [1.807, 2.05) is 20.2 Å². The molecule has 98 valence electrons. The van der Waals surface area contributed by atoms with Gasteiger partial charge in [0, 0.05) is 7.05 Å². The summed E-state index contributed by atoms with van der Waals surface area (Å²) in [5.74, 6) is 0. The summed E-state index contributed by atoms with van der Waals surface area (Å²) in [6.45, 7) is 4.57. The Balaban J connectivity index is 2.21. The fraction of sp³-hybridized carbons (Fsp3) is 0.545. The van der Waals surface area contributed by atoms with Crippen molar-refractivity contribution in [3.05, 3.63) is 28.3 Å². The van der Waals surface area contributed by atoms with Gasteiger partial charge < -0.3 is 0 Å². The number of rotatable bonds is 4. The highest BCUT2D eigenvalue weighted by molar-refractivity contribution is 9.09. The summed E-state index contributed by atoms with van der Waals surface area (Å²) >= 11 is 9.76. The van der Waals surface area contributed by atoms with Gasteiger partial charge in [0.05, 0.1) is 39.7 Å². The molecule has 1 atom stereocenters. The van der Waals surface area contributed by atoms with Gasteiger partial charge >= 0.3 is 0 Å². The van der Waals surface area contributed by atoms with Gasteiger partial charge in [0.15, 0.2) is 0 Å². The minimum absolute atomic E-state index is 0.245. The van der Waals surface area contributed by atoms with Crippen LogP contribution in [0.2, 0.25) is 5.02 Å². The van der Waals surface area contributed by atoms with E-state index in [1.165, 1.54) is 0 Å². The summed E-state index contributed by atoms with van der Waals surface area (Å²) in [5, 5.41) is 13.2. The van der Waals surface area contributed by atoms with Gasteiger partial charge in [0.25, 0.3) is 0 Å². The summed E-state index contributed by atoms with van der Waals surface area (Å²) in [5.41, 5.74) is 2.71. The summed E-state index contributed by atoms with van der Waals surface area (Å²) in [4.78, 5) is 0.245. The molecule has 0 saturated heterocycles. The average molecular weight is 333 g/mol. The highest BCUT2D eigenvalue weighted by atomic mass is 79.9. The third-order valence-corrected chi connectivity index (χ3v) is 4.42. The summed E-state index contributed by atoms with van der Waals surface area (Å²) in [6.07, 6.45) is 2.91. The second-order valence-electron chi connectivity index (χ2n) is 4.19. The quantitative estimate of drug-likeness (QED) is 0.809. The lowest BCUT2D eigenvalue weighted by Crippen LogP contribution is -2.06. The van der Waals surface area contributed by atoms with Crippen molar-refractivity contribution >= 4 is 27.5 Å². The first-order valence-electron chi connectivity index (χ1n) is 5.75. The van der Waals surface area contributed by atoms with Crippen molar-refractivity contribution in [3.8, 4) is 0 Å². The average Bonchev–Trinajstić information content (AvgIpc) is 2.90. The molecule has 5 nitrogen and oxygen atoms in total. The molecule has 2 heterocycles. The number of hydrogen-bond donors (Lipinski definition) is 0. The number of hydrogen-bond acceptors (Lipinski definition) is 3. The van der Waals surface area contributed by atoms with Crippen LogP contribution in [0.1, 0.15) is 35.3 Å². The third-order valence-electron chi connectivity index (χ3n) is 2.81. The normalized spacial score (nSPS) is 12.9. The van der Waals surface area contributed by atoms with Gasteiger partial charge in [0.1, 0.15) is 0 Å². The summed E-state index contributed by atoms with van der Waals surface area (Å²) in [6, 6.07) is 0. The monoisotopic (exact) mass is 331 g/mol. The van der Waals surface area contributed by atoms with Crippen molar-refractivity contribution in [1.82, 2.24) is 24.8 Å². The third kappa shape index (κ3) is 2.59. The first kappa shape index (κ1) is 13.5. The van der Waals surface area contributed by atoms with Crippen LogP contribution in [0.5, 0.6) is 0 Å². The Morgan fingerprint density at radius 2 is 2.22 bits per heavy atom. The summed E-state index contributed by atoms with van der Waals surface area (Å²) in [7, 11) is 1.88. The van der Waals surface area contributed by atoms with Crippen molar-refractivity contribution in [2.45, 2.75) is 31.6 Å². The maximum Gasteiger partial charge on any atom is 0.0963 e. The van der Waals surface area contributed by atoms with Crippen LogP contribution in [-0.2, 0) is 13.6 Å². The van der Waals surface area contributed by atoms with E-state index >= 15 is 0 Å². The second-order valence-corrected chi connectivity index (χ2v) is 5.67. The minimum atomic E-state index is 0.245. The first-order valence-corrected chi connectivity index (χ1v) is 7.04. The fourth-order valence-corrected chi connectivity index (χ4v) is 2.18. The molecule has 0 aliphatic carbocycles. The predicted octanol–water partition coefficient (Wildman–Crippen LogP) is 2.87. The molecule has 2 rings (SSSR count). The van der Waals surface area contributed by atoms with Crippen LogP contribution >= 0.6 is 27.5 Å².